The highest BCUT2D eigenvalue weighted by molar-refractivity contribution is 5.98. The largest absolute Gasteiger partial charge is 0.409 e. The van der Waals surface area contributed by atoms with Crippen molar-refractivity contribution >= 4 is 5.84 Å². The number of benzene rings is 1. The number of halogens is 1. The van der Waals surface area contributed by atoms with Crippen LogP contribution in [0, 0.1) is 5.82 Å². The third-order valence-electron chi connectivity index (χ3n) is 3.16. The van der Waals surface area contributed by atoms with Crippen molar-refractivity contribution < 1.29 is 9.60 Å². The second-order valence-corrected chi connectivity index (χ2v) is 4.70. The minimum absolute atomic E-state index is 0.0674. The van der Waals surface area contributed by atoms with Crippen LogP contribution < -0.4 is 11.1 Å². The van der Waals surface area contributed by atoms with E-state index in [1.54, 1.807) is 6.07 Å². The van der Waals surface area contributed by atoms with Gasteiger partial charge in [-0.15, -0.1) is 0 Å². The van der Waals surface area contributed by atoms with Crippen molar-refractivity contribution in [1.82, 2.24) is 5.32 Å². The fourth-order valence-corrected chi connectivity index (χ4v) is 1.67. The SMILES string of the molecule is CC1(NCc2ccc(F)cc2/C(N)=N/O)CC1. The van der Waals surface area contributed by atoms with Crippen LogP contribution in [0.4, 0.5) is 4.39 Å². The van der Waals surface area contributed by atoms with E-state index in [4.69, 9.17) is 10.9 Å². The lowest BCUT2D eigenvalue weighted by Gasteiger charge is -2.14. The Hall–Kier alpha value is -1.62. The molecule has 4 N–H and O–H groups in total. The summed E-state index contributed by atoms with van der Waals surface area (Å²) < 4.78 is 13.1. The lowest BCUT2D eigenvalue weighted by Crippen LogP contribution is -2.28. The van der Waals surface area contributed by atoms with E-state index >= 15 is 0 Å². The van der Waals surface area contributed by atoms with Gasteiger partial charge >= 0.3 is 0 Å². The third kappa shape index (κ3) is 2.74. The number of amidine groups is 1. The molecular weight excluding hydrogens is 221 g/mol. The van der Waals surface area contributed by atoms with Crippen LogP contribution in [0.15, 0.2) is 23.4 Å². The third-order valence-corrected chi connectivity index (χ3v) is 3.16. The molecule has 0 unspecified atom stereocenters. The summed E-state index contributed by atoms with van der Waals surface area (Å²) in [6.07, 6.45) is 2.29. The van der Waals surface area contributed by atoms with Crippen molar-refractivity contribution in [3.8, 4) is 0 Å². The molecule has 0 heterocycles. The van der Waals surface area contributed by atoms with Crippen molar-refractivity contribution in [3.05, 3.63) is 35.1 Å². The summed E-state index contributed by atoms with van der Waals surface area (Å²) in [6.45, 7) is 2.72. The zero-order valence-electron chi connectivity index (χ0n) is 9.70. The van der Waals surface area contributed by atoms with Crippen molar-refractivity contribution in [3.63, 3.8) is 0 Å². The van der Waals surface area contributed by atoms with Gasteiger partial charge < -0.3 is 16.3 Å². The lowest BCUT2D eigenvalue weighted by atomic mass is 10.1. The van der Waals surface area contributed by atoms with Gasteiger partial charge in [-0.25, -0.2) is 4.39 Å². The summed E-state index contributed by atoms with van der Waals surface area (Å²) in [7, 11) is 0. The molecule has 0 spiro atoms. The van der Waals surface area contributed by atoms with Gasteiger partial charge in [0.05, 0.1) is 0 Å². The van der Waals surface area contributed by atoms with Crippen LogP contribution in [0.25, 0.3) is 0 Å². The summed E-state index contributed by atoms with van der Waals surface area (Å²) >= 11 is 0. The van der Waals surface area contributed by atoms with Crippen LogP contribution in [-0.2, 0) is 6.54 Å². The molecule has 0 aliphatic heterocycles. The molecule has 92 valence electrons. The van der Waals surface area contributed by atoms with E-state index < -0.39 is 5.82 Å². The Bertz CT molecular complexity index is 455. The topological polar surface area (TPSA) is 70.6 Å². The molecule has 1 saturated carbocycles. The summed E-state index contributed by atoms with van der Waals surface area (Å²) in [6, 6.07) is 4.31. The molecule has 5 heteroatoms. The zero-order chi connectivity index (χ0) is 12.5. The maximum absolute atomic E-state index is 13.1. The number of rotatable bonds is 4. The van der Waals surface area contributed by atoms with Gasteiger partial charge in [-0.1, -0.05) is 11.2 Å². The molecule has 0 amide bonds. The van der Waals surface area contributed by atoms with Gasteiger partial charge in [0.25, 0.3) is 0 Å². The first kappa shape index (κ1) is 11.9. The van der Waals surface area contributed by atoms with Gasteiger partial charge in [0.15, 0.2) is 5.84 Å². The molecule has 1 aromatic rings. The fraction of sp³-hybridized carbons (Fsp3) is 0.417. The van der Waals surface area contributed by atoms with E-state index in [1.807, 2.05) is 0 Å². The average Bonchev–Trinajstić information content (AvgIpc) is 3.05. The first-order valence-corrected chi connectivity index (χ1v) is 5.55. The Labute approximate surface area is 99.3 Å². The molecule has 0 bridgehead atoms. The number of nitrogens with two attached hydrogens (primary N) is 1. The number of nitrogens with one attached hydrogen (secondary N) is 1. The van der Waals surface area contributed by atoms with Crippen molar-refractivity contribution in [2.75, 3.05) is 0 Å². The smallest absolute Gasteiger partial charge is 0.170 e. The molecule has 0 saturated heterocycles. The van der Waals surface area contributed by atoms with Crippen molar-refractivity contribution in [1.29, 1.82) is 0 Å². The first-order chi connectivity index (χ1) is 8.04. The van der Waals surface area contributed by atoms with Crippen LogP contribution in [-0.4, -0.2) is 16.6 Å². The Balaban J connectivity index is 2.19. The summed E-state index contributed by atoms with van der Waals surface area (Å²) in [5.41, 5.74) is 6.98. The van der Waals surface area contributed by atoms with Crippen LogP contribution in [0.3, 0.4) is 0 Å². The molecule has 0 radical (unpaired) electrons. The number of oxime groups is 1. The minimum atomic E-state index is -0.395. The summed E-state index contributed by atoms with van der Waals surface area (Å²) in [5, 5.41) is 15.0. The zero-order valence-corrected chi connectivity index (χ0v) is 9.70. The molecule has 1 aliphatic rings. The fourth-order valence-electron chi connectivity index (χ4n) is 1.67. The Kier molecular flexibility index (Phi) is 3.02. The maximum Gasteiger partial charge on any atom is 0.170 e. The van der Waals surface area contributed by atoms with Gasteiger partial charge in [-0.3, -0.25) is 0 Å². The van der Waals surface area contributed by atoms with E-state index in [0.717, 1.165) is 18.4 Å². The molecular formula is C12H16FN3O. The standard InChI is InChI=1S/C12H16FN3O/c1-12(4-5-12)15-7-8-2-3-9(13)6-10(8)11(14)16-17/h2-3,6,15,17H,4-5,7H2,1H3,(H2,14,16). The molecule has 2 rings (SSSR count). The maximum atomic E-state index is 13.1. The lowest BCUT2D eigenvalue weighted by molar-refractivity contribution is 0.318. The van der Waals surface area contributed by atoms with Crippen LogP contribution in [0.1, 0.15) is 30.9 Å². The molecule has 17 heavy (non-hydrogen) atoms. The Morgan fingerprint density at radius 3 is 2.88 bits per heavy atom. The molecule has 1 fully saturated rings. The molecule has 1 aliphatic carbocycles. The quantitative estimate of drug-likeness (QED) is 0.322. The van der Waals surface area contributed by atoms with Gasteiger partial charge in [0.2, 0.25) is 0 Å². The van der Waals surface area contributed by atoms with Gasteiger partial charge in [0, 0.05) is 17.6 Å². The number of nitrogens with zero attached hydrogens (tertiary/aromatic N) is 1. The normalized spacial score (nSPS) is 18.1. The van der Waals surface area contributed by atoms with Crippen molar-refractivity contribution in [2.45, 2.75) is 31.8 Å². The Morgan fingerprint density at radius 1 is 1.59 bits per heavy atom. The number of hydrogen-bond donors (Lipinski definition) is 3. The molecule has 0 aromatic heterocycles. The predicted molar refractivity (Wildman–Crippen MR) is 63.4 cm³/mol. The minimum Gasteiger partial charge on any atom is -0.409 e. The van der Waals surface area contributed by atoms with Gasteiger partial charge in [0.1, 0.15) is 5.82 Å². The van der Waals surface area contributed by atoms with Gasteiger partial charge in [-0.2, -0.15) is 0 Å². The van der Waals surface area contributed by atoms with E-state index in [1.165, 1.54) is 12.1 Å². The van der Waals surface area contributed by atoms with Crippen LogP contribution in [0.5, 0.6) is 0 Å². The van der Waals surface area contributed by atoms with Crippen LogP contribution >= 0.6 is 0 Å². The molecule has 0 atom stereocenters. The highest BCUT2D eigenvalue weighted by atomic mass is 19.1. The second-order valence-electron chi connectivity index (χ2n) is 4.70. The predicted octanol–water partition coefficient (Wildman–Crippen LogP) is 1.56. The second kappa shape index (κ2) is 4.33. The molecule has 1 aromatic carbocycles. The number of hydrogen-bond acceptors (Lipinski definition) is 3. The highest BCUT2D eigenvalue weighted by Crippen LogP contribution is 2.34. The highest BCUT2D eigenvalue weighted by Gasteiger charge is 2.36. The van der Waals surface area contributed by atoms with E-state index in [-0.39, 0.29) is 11.4 Å². The van der Waals surface area contributed by atoms with Crippen LogP contribution in [0.2, 0.25) is 0 Å². The van der Waals surface area contributed by atoms with Crippen molar-refractivity contribution in [2.24, 2.45) is 10.9 Å². The molecule has 4 nitrogen and oxygen atoms in total. The average molecular weight is 237 g/mol. The van der Waals surface area contributed by atoms with E-state index in [0.29, 0.717) is 12.1 Å². The van der Waals surface area contributed by atoms with E-state index in [9.17, 15) is 4.39 Å². The monoisotopic (exact) mass is 237 g/mol. The van der Waals surface area contributed by atoms with Gasteiger partial charge in [-0.05, 0) is 37.5 Å². The Morgan fingerprint density at radius 2 is 2.29 bits per heavy atom. The first-order valence-electron chi connectivity index (χ1n) is 5.55. The summed E-state index contributed by atoms with van der Waals surface area (Å²) in [4.78, 5) is 0. The summed E-state index contributed by atoms with van der Waals surface area (Å²) in [5.74, 6) is -0.463. The van der Waals surface area contributed by atoms with E-state index in [2.05, 4.69) is 17.4 Å².